The number of amides is 1. The van der Waals surface area contributed by atoms with Gasteiger partial charge in [-0.1, -0.05) is 11.6 Å². The lowest BCUT2D eigenvalue weighted by atomic mass is 9.93. The maximum absolute atomic E-state index is 13.6. The third-order valence-electron chi connectivity index (χ3n) is 5.18. The number of nitrogens with one attached hydrogen (secondary N) is 1. The summed E-state index contributed by atoms with van der Waals surface area (Å²) >= 11 is 5.93. The molecule has 14 heteroatoms. The maximum atomic E-state index is 13.6. The minimum atomic E-state index is -6.67. The summed E-state index contributed by atoms with van der Waals surface area (Å²) in [7, 11) is 0. The van der Waals surface area contributed by atoms with Crippen molar-refractivity contribution < 1.29 is 49.5 Å². The Hall–Kier alpha value is -3.09. The van der Waals surface area contributed by atoms with Crippen LogP contribution in [0.4, 0.5) is 30.7 Å². The van der Waals surface area contributed by atoms with Crippen LogP contribution in [-0.2, 0) is 11.2 Å². The number of hydrazone groups is 1. The lowest BCUT2D eigenvalue weighted by Crippen LogP contribution is -2.58. The molecule has 1 N–H and O–H groups in total. The van der Waals surface area contributed by atoms with E-state index in [1.807, 2.05) is 0 Å². The number of aryl methyl sites for hydroxylation is 2. The highest BCUT2D eigenvalue weighted by Crippen LogP contribution is 2.46. The molecular formula is C21H16ClF7N2O4. The van der Waals surface area contributed by atoms with E-state index in [9.17, 15) is 40.3 Å². The highest BCUT2D eigenvalue weighted by atomic mass is 35.5. The van der Waals surface area contributed by atoms with Crippen LogP contribution >= 0.6 is 11.6 Å². The van der Waals surface area contributed by atoms with Crippen LogP contribution in [0, 0.1) is 13.8 Å². The van der Waals surface area contributed by atoms with E-state index in [1.165, 1.54) is 25.1 Å². The second kappa shape index (κ2) is 9.17. The molecule has 0 saturated heterocycles. The fourth-order valence-electron chi connectivity index (χ4n) is 3.32. The molecule has 1 heterocycles. The standard InChI is InChI=1S/C21H16ClF7N2O4/c1-9-8-11(6-7-12(9)22)34-17(32)16-10(2)15-13(4-3-5-14(15)35-16)30-31-18(33)19(23,24)20(25,26)21(27,28)29/h6-8H,3-5H2,1-2H3,(H,31,33)/b30-13+. The highest BCUT2D eigenvalue weighted by Gasteiger charge is 2.76. The van der Waals surface area contributed by atoms with E-state index in [-0.39, 0.29) is 47.0 Å². The Balaban J connectivity index is 1.85. The van der Waals surface area contributed by atoms with E-state index in [2.05, 4.69) is 5.10 Å². The maximum Gasteiger partial charge on any atom is 0.460 e. The number of hydrogen-bond acceptors (Lipinski definition) is 5. The Bertz CT molecular complexity index is 1210. The van der Waals surface area contributed by atoms with E-state index in [0.29, 0.717) is 17.0 Å². The third-order valence-corrected chi connectivity index (χ3v) is 5.60. The molecule has 0 radical (unpaired) electrons. The summed E-state index contributed by atoms with van der Waals surface area (Å²) in [6, 6.07) is 4.44. The first-order valence-electron chi connectivity index (χ1n) is 9.88. The number of furan rings is 1. The predicted molar refractivity (Wildman–Crippen MR) is 108 cm³/mol. The van der Waals surface area contributed by atoms with E-state index in [4.69, 9.17) is 20.8 Å². The zero-order valence-electron chi connectivity index (χ0n) is 18.0. The largest absolute Gasteiger partial charge is 0.460 e. The smallest absolute Gasteiger partial charge is 0.453 e. The van der Waals surface area contributed by atoms with Crippen LogP contribution < -0.4 is 10.2 Å². The molecule has 190 valence electrons. The highest BCUT2D eigenvalue weighted by molar-refractivity contribution is 6.31. The molecule has 0 fully saturated rings. The number of carbonyl (C=O) groups is 2. The van der Waals surface area contributed by atoms with E-state index >= 15 is 0 Å². The molecule has 0 bridgehead atoms. The first-order valence-corrected chi connectivity index (χ1v) is 10.3. The number of halogens is 8. The predicted octanol–water partition coefficient (Wildman–Crippen LogP) is 5.76. The van der Waals surface area contributed by atoms with Gasteiger partial charge >= 0.3 is 29.9 Å². The normalized spacial score (nSPS) is 15.7. The van der Waals surface area contributed by atoms with Crippen LogP contribution in [0.15, 0.2) is 27.7 Å². The number of esters is 1. The van der Waals surface area contributed by atoms with E-state index < -0.39 is 29.9 Å². The molecule has 1 aliphatic rings. The molecule has 3 rings (SSSR count). The number of fused-ring (bicyclic) bond motifs is 1. The van der Waals surface area contributed by atoms with Crippen molar-refractivity contribution in [2.75, 3.05) is 0 Å². The SMILES string of the molecule is Cc1cc(OC(=O)c2oc3c(c2C)/C(=N/NC(=O)C(F)(F)C(F)(F)C(F)(F)F)CCC3)ccc1Cl. The van der Waals surface area contributed by atoms with Crippen molar-refractivity contribution in [3.05, 3.63) is 51.4 Å². The van der Waals surface area contributed by atoms with Crippen molar-refractivity contribution in [3.8, 4) is 5.75 Å². The van der Waals surface area contributed by atoms with Crippen molar-refractivity contribution in [2.24, 2.45) is 5.10 Å². The fourth-order valence-corrected chi connectivity index (χ4v) is 3.44. The van der Waals surface area contributed by atoms with Crippen LogP contribution in [-0.4, -0.2) is 35.6 Å². The van der Waals surface area contributed by atoms with Gasteiger partial charge in [0.1, 0.15) is 11.5 Å². The second-order valence-electron chi connectivity index (χ2n) is 7.65. The Morgan fingerprint density at radius 2 is 1.74 bits per heavy atom. The first-order chi connectivity index (χ1) is 16.1. The van der Waals surface area contributed by atoms with Crippen LogP contribution in [0.1, 0.15) is 45.8 Å². The number of rotatable bonds is 5. The van der Waals surface area contributed by atoms with Gasteiger partial charge in [-0.25, -0.2) is 10.2 Å². The molecule has 0 spiro atoms. The molecule has 0 saturated carbocycles. The fraction of sp³-hybridized carbons (Fsp3) is 0.381. The van der Waals surface area contributed by atoms with E-state index in [0.717, 1.165) is 5.43 Å². The molecule has 1 aromatic heterocycles. The topological polar surface area (TPSA) is 80.9 Å². The summed E-state index contributed by atoms with van der Waals surface area (Å²) in [5.41, 5.74) is 1.84. The van der Waals surface area contributed by atoms with Crippen molar-refractivity contribution in [1.29, 1.82) is 0 Å². The van der Waals surface area contributed by atoms with Crippen molar-refractivity contribution in [1.82, 2.24) is 5.43 Å². The minimum Gasteiger partial charge on any atom is -0.453 e. The quantitative estimate of drug-likeness (QED) is 0.232. The molecule has 0 aliphatic heterocycles. The molecule has 35 heavy (non-hydrogen) atoms. The summed E-state index contributed by atoms with van der Waals surface area (Å²) < 4.78 is 101. The summed E-state index contributed by atoms with van der Waals surface area (Å²) in [6.45, 7) is 3.09. The minimum absolute atomic E-state index is 0.0275. The van der Waals surface area contributed by atoms with Gasteiger partial charge in [0.2, 0.25) is 5.76 Å². The van der Waals surface area contributed by atoms with Gasteiger partial charge in [-0.3, -0.25) is 4.79 Å². The second-order valence-corrected chi connectivity index (χ2v) is 8.06. The average molecular weight is 529 g/mol. The molecule has 2 aromatic rings. The Kier molecular flexibility index (Phi) is 6.95. The Morgan fingerprint density at radius 1 is 1.09 bits per heavy atom. The molecular weight excluding hydrogens is 513 g/mol. The van der Waals surface area contributed by atoms with E-state index in [1.54, 1.807) is 6.92 Å². The summed E-state index contributed by atoms with van der Waals surface area (Å²) in [6.07, 6.45) is -6.06. The number of nitrogens with zero attached hydrogens (tertiary/aromatic N) is 1. The molecule has 0 unspecified atom stereocenters. The zero-order valence-corrected chi connectivity index (χ0v) is 18.7. The van der Waals surface area contributed by atoms with Gasteiger partial charge < -0.3 is 9.15 Å². The third kappa shape index (κ3) is 4.86. The Labute approximate surface area is 198 Å². The monoisotopic (exact) mass is 528 g/mol. The number of benzene rings is 1. The van der Waals surface area contributed by atoms with Crippen LogP contribution in [0.25, 0.3) is 0 Å². The summed E-state index contributed by atoms with van der Waals surface area (Å²) in [4.78, 5) is 24.1. The summed E-state index contributed by atoms with van der Waals surface area (Å²) in [5, 5.41) is 3.78. The van der Waals surface area contributed by atoms with Crippen molar-refractivity contribution >= 4 is 29.2 Å². The molecule has 6 nitrogen and oxygen atoms in total. The zero-order chi connectivity index (χ0) is 26.3. The lowest BCUT2D eigenvalue weighted by Gasteiger charge is -2.26. The molecule has 1 aromatic carbocycles. The van der Waals surface area contributed by atoms with Crippen molar-refractivity contribution in [2.45, 2.75) is 51.1 Å². The van der Waals surface area contributed by atoms with Crippen LogP contribution in [0.3, 0.4) is 0 Å². The number of hydrogen-bond donors (Lipinski definition) is 1. The van der Waals surface area contributed by atoms with Gasteiger partial charge in [-0.2, -0.15) is 35.8 Å². The van der Waals surface area contributed by atoms with Gasteiger partial charge in [0, 0.05) is 22.6 Å². The van der Waals surface area contributed by atoms with Gasteiger partial charge in [-0.15, -0.1) is 0 Å². The molecule has 1 amide bonds. The molecule has 0 atom stereocenters. The van der Waals surface area contributed by atoms with Crippen LogP contribution in [0.5, 0.6) is 5.75 Å². The van der Waals surface area contributed by atoms with Crippen molar-refractivity contribution in [3.63, 3.8) is 0 Å². The number of alkyl halides is 7. The lowest BCUT2D eigenvalue weighted by molar-refractivity contribution is -0.344. The van der Waals surface area contributed by atoms with Gasteiger partial charge in [0.05, 0.1) is 5.71 Å². The summed E-state index contributed by atoms with van der Waals surface area (Å²) in [5.74, 6) is -16.5. The average Bonchev–Trinajstić information content (AvgIpc) is 3.11. The van der Waals surface area contributed by atoms with Gasteiger partial charge in [0.25, 0.3) is 0 Å². The van der Waals surface area contributed by atoms with Gasteiger partial charge in [0.15, 0.2) is 0 Å². The first kappa shape index (κ1) is 26.5. The number of carbonyl (C=O) groups excluding carboxylic acids is 2. The molecule has 1 aliphatic carbocycles. The number of ether oxygens (including phenoxy) is 1. The van der Waals surface area contributed by atoms with Crippen LogP contribution in [0.2, 0.25) is 5.02 Å². The Morgan fingerprint density at radius 3 is 2.34 bits per heavy atom. The van der Waals surface area contributed by atoms with Gasteiger partial charge in [-0.05, 0) is 50.5 Å².